The summed E-state index contributed by atoms with van der Waals surface area (Å²) in [4.78, 5) is 12.6. The third-order valence-electron chi connectivity index (χ3n) is 4.60. The molecule has 0 saturated carbocycles. The minimum absolute atomic E-state index is 0.00503. The maximum atomic E-state index is 12.9. The highest BCUT2D eigenvalue weighted by atomic mass is 32.2. The summed E-state index contributed by atoms with van der Waals surface area (Å²) in [7, 11) is -1.05. The minimum atomic E-state index is -3.95. The second-order valence-corrected chi connectivity index (χ2v) is 8.20. The Kier molecular flexibility index (Phi) is 6.60. The van der Waals surface area contributed by atoms with E-state index < -0.39 is 10.0 Å². The fourth-order valence-electron chi connectivity index (χ4n) is 3.06. The van der Waals surface area contributed by atoms with Crippen LogP contribution >= 0.6 is 0 Å². The number of amides is 1. The molecule has 8 nitrogen and oxygen atoms in total. The zero-order chi connectivity index (χ0) is 20.9. The van der Waals surface area contributed by atoms with E-state index in [0.717, 1.165) is 12.8 Å². The first-order valence-corrected chi connectivity index (χ1v) is 10.7. The predicted molar refractivity (Wildman–Crippen MR) is 108 cm³/mol. The summed E-state index contributed by atoms with van der Waals surface area (Å²) in [5, 5.41) is 2.80. The molecule has 0 unspecified atom stereocenters. The molecule has 1 aliphatic heterocycles. The number of nitrogens with one attached hydrogen (secondary N) is 2. The van der Waals surface area contributed by atoms with Crippen molar-refractivity contribution in [1.82, 2.24) is 5.32 Å². The fraction of sp³-hybridized carbons (Fsp3) is 0.350. The van der Waals surface area contributed by atoms with E-state index in [4.69, 9.17) is 14.2 Å². The van der Waals surface area contributed by atoms with E-state index in [0.29, 0.717) is 18.9 Å². The van der Waals surface area contributed by atoms with Gasteiger partial charge in [-0.05, 0) is 37.1 Å². The van der Waals surface area contributed by atoms with Crippen LogP contribution in [0.15, 0.2) is 47.4 Å². The van der Waals surface area contributed by atoms with Crippen LogP contribution in [0.25, 0.3) is 0 Å². The fourth-order valence-corrected chi connectivity index (χ4v) is 4.16. The highest BCUT2D eigenvalue weighted by molar-refractivity contribution is 7.92. The molecule has 1 atom stereocenters. The highest BCUT2D eigenvalue weighted by Crippen LogP contribution is 2.30. The number of anilines is 1. The molecule has 1 amide bonds. The minimum Gasteiger partial charge on any atom is -0.493 e. The van der Waals surface area contributed by atoms with Crippen molar-refractivity contribution < 1.29 is 27.4 Å². The molecule has 1 heterocycles. The summed E-state index contributed by atoms with van der Waals surface area (Å²) in [6, 6.07) is 10.7. The molecule has 0 bridgehead atoms. The molecule has 29 heavy (non-hydrogen) atoms. The average Bonchev–Trinajstić information content (AvgIpc) is 3.25. The van der Waals surface area contributed by atoms with Gasteiger partial charge in [0.1, 0.15) is 0 Å². The Morgan fingerprint density at radius 2 is 1.90 bits per heavy atom. The number of rotatable bonds is 8. The molecular weight excluding hydrogens is 396 g/mol. The van der Waals surface area contributed by atoms with Crippen LogP contribution in [0.3, 0.4) is 0 Å². The summed E-state index contributed by atoms with van der Waals surface area (Å²) in [5.41, 5.74) is 0.418. The van der Waals surface area contributed by atoms with Gasteiger partial charge in [-0.3, -0.25) is 9.52 Å². The largest absolute Gasteiger partial charge is 0.493 e. The van der Waals surface area contributed by atoms with E-state index in [1.807, 2.05) is 0 Å². The number of para-hydroxylation sites is 1. The zero-order valence-corrected chi connectivity index (χ0v) is 17.1. The van der Waals surface area contributed by atoms with Crippen LogP contribution in [-0.2, 0) is 14.8 Å². The van der Waals surface area contributed by atoms with Gasteiger partial charge in [0.05, 0.1) is 36.5 Å². The van der Waals surface area contributed by atoms with Crippen molar-refractivity contribution >= 4 is 21.6 Å². The molecule has 3 rings (SSSR count). The van der Waals surface area contributed by atoms with Gasteiger partial charge in [-0.1, -0.05) is 12.1 Å². The Bertz CT molecular complexity index is 971. The summed E-state index contributed by atoms with van der Waals surface area (Å²) < 4.78 is 44.0. The van der Waals surface area contributed by atoms with E-state index in [1.165, 1.54) is 32.4 Å². The van der Waals surface area contributed by atoms with Crippen molar-refractivity contribution in [2.24, 2.45) is 0 Å². The summed E-state index contributed by atoms with van der Waals surface area (Å²) in [5.74, 6) is 0.337. The van der Waals surface area contributed by atoms with Crippen molar-refractivity contribution in [3.8, 4) is 11.5 Å². The zero-order valence-electron chi connectivity index (χ0n) is 16.3. The van der Waals surface area contributed by atoms with Gasteiger partial charge in [-0.15, -0.1) is 0 Å². The van der Waals surface area contributed by atoms with E-state index in [1.54, 1.807) is 24.3 Å². The summed E-state index contributed by atoms with van der Waals surface area (Å²) in [6.45, 7) is 1.08. The lowest BCUT2D eigenvalue weighted by atomic mass is 10.1. The number of methoxy groups -OCH3 is 2. The summed E-state index contributed by atoms with van der Waals surface area (Å²) >= 11 is 0. The van der Waals surface area contributed by atoms with E-state index >= 15 is 0 Å². The van der Waals surface area contributed by atoms with Crippen molar-refractivity contribution in [1.29, 1.82) is 0 Å². The molecule has 0 aliphatic carbocycles. The highest BCUT2D eigenvalue weighted by Gasteiger charge is 2.21. The second-order valence-electron chi connectivity index (χ2n) is 6.51. The molecule has 9 heteroatoms. The van der Waals surface area contributed by atoms with E-state index in [-0.39, 0.29) is 33.9 Å². The van der Waals surface area contributed by atoms with Gasteiger partial charge in [0.2, 0.25) is 0 Å². The normalized spacial score (nSPS) is 16.3. The van der Waals surface area contributed by atoms with Gasteiger partial charge >= 0.3 is 0 Å². The van der Waals surface area contributed by atoms with Gasteiger partial charge < -0.3 is 19.5 Å². The van der Waals surface area contributed by atoms with Crippen LogP contribution in [0, 0.1) is 0 Å². The molecule has 1 aliphatic rings. The molecule has 0 aromatic heterocycles. The number of carbonyl (C=O) groups is 1. The average molecular weight is 420 g/mol. The lowest BCUT2D eigenvalue weighted by Crippen LogP contribution is -2.32. The molecule has 2 aromatic rings. The van der Waals surface area contributed by atoms with E-state index in [2.05, 4.69) is 10.0 Å². The Morgan fingerprint density at radius 3 is 2.59 bits per heavy atom. The van der Waals surface area contributed by atoms with Crippen molar-refractivity contribution in [2.45, 2.75) is 23.8 Å². The van der Waals surface area contributed by atoms with Gasteiger partial charge in [0, 0.05) is 19.2 Å². The van der Waals surface area contributed by atoms with Gasteiger partial charge in [0.25, 0.3) is 15.9 Å². The molecule has 0 spiro atoms. The Labute approximate surface area is 170 Å². The van der Waals surface area contributed by atoms with Crippen molar-refractivity contribution in [3.63, 3.8) is 0 Å². The Balaban J connectivity index is 1.79. The third kappa shape index (κ3) is 4.99. The number of hydrogen-bond donors (Lipinski definition) is 2. The molecule has 2 N–H and O–H groups in total. The lowest BCUT2D eigenvalue weighted by molar-refractivity contribution is 0.0858. The quantitative estimate of drug-likeness (QED) is 0.680. The van der Waals surface area contributed by atoms with Crippen molar-refractivity contribution in [3.05, 3.63) is 48.0 Å². The van der Waals surface area contributed by atoms with Crippen molar-refractivity contribution in [2.75, 3.05) is 32.1 Å². The first-order chi connectivity index (χ1) is 13.9. The van der Waals surface area contributed by atoms with E-state index in [9.17, 15) is 13.2 Å². The monoisotopic (exact) mass is 420 g/mol. The second kappa shape index (κ2) is 9.15. The van der Waals surface area contributed by atoms with Gasteiger partial charge in [-0.2, -0.15) is 0 Å². The maximum Gasteiger partial charge on any atom is 0.262 e. The molecular formula is C20H24N2O6S. The summed E-state index contributed by atoms with van der Waals surface area (Å²) in [6.07, 6.45) is 1.87. The van der Waals surface area contributed by atoms with Crippen LogP contribution in [0.5, 0.6) is 11.5 Å². The molecule has 2 aromatic carbocycles. The predicted octanol–water partition coefficient (Wildman–Crippen LogP) is 2.41. The first kappa shape index (κ1) is 20.9. The lowest BCUT2D eigenvalue weighted by Gasteiger charge is -2.15. The topological polar surface area (TPSA) is 103 Å². The van der Waals surface area contributed by atoms with Crippen LogP contribution in [0.1, 0.15) is 23.2 Å². The van der Waals surface area contributed by atoms with Crippen LogP contribution in [0.4, 0.5) is 5.69 Å². The number of hydrogen-bond acceptors (Lipinski definition) is 6. The Morgan fingerprint density at radius 1 is 1.14 bits per heavy atom. The molecule has 1 fully saturated rings. The smallest absolute Gasteiger partial charge is 0.262 e. The van der Waals surface area contributed by atoms with Gasteiger partial charge in [-0.25, -0.2) is 8.42 Å². The number of carbonyl (C=O) groups excluding carboxylic acids is 1. The van der Waals surface area contributed by atoms with Gasteiger partial charge in [0.15, 0.2) is 11.5 Å². The molecule has 1 saturated heterocycles. The number of ether oxygens (including phenoxy) is 3. The SMILES string of the molecule is COc1ccc(S(=O)(=O)Nc2ccccc2C(=O)NC[C@H]2CCCO2)cc1OC. The Hall–Kier alpha value is -2.78. The van der Waals surface area contributed by atoms with Crippen LogP contribution in [-0.4, -0.2) is 47.8 Å². The van der Waals surface area contributed by atoms with Crippen LogP contribution in [0.2, 0.25) is 0 Å². The molecule has 156 valence electrons. The maximum absolute atomic E-state index is 12.9. The molecule has 0 radical (unpaired) electrons. The number of sulfonamides is 1. The third-order valence-corrected chi connectivity index (χ3v) is 5.96. The number of benzene rings is 2. The first-order valence-electron chi connectivity index (χ1n) is 9.18. The van der Waals surface area contributed by atoms with Crippen LogP contribution < -0.4 is 19.5 Å². The standard InChI is InChI=1S/C20H24N2O6S/c1-26-18-10-9-15(12-19(18)27-2)29(24,25)22-17-8-4-3-7-16(17)20(23)21-13-14-6-5-11-28-14/h3-4,7-10,12,14,22H,5-6,11,13H2,1-2H3,(H,21,23)/t14-/m1/s1.